The van der Waals surface area contributed by atoms with Gasteiger partial charge in [0.2, 0.25) is 0 Å². The molecule has 2 nitrogen and oxygen atoms in total. The average Bonchev–Trinajstić information content (AvgIpc) is 2.15. The van der Waals surface area contributed by atoms with Gasteiger partial charge in [0.25, 0.3) is 0 Å². The number of benzene rings is 1. The smallest absolute Gasteiger partial charge is 0.166 e. The lowest BCUT2D eigenvalue weighted by atomic mass is 10.3. The van der Waals surface area contributed by atoms with Crippen LogP contribution < -0.4 is 10.1 Å². The first-order valence-corrected chi connectivity index (χ1v) is 5.26. The fourth-order valence-electron chi connectivity index (χ4n) is 1.02. The van der Waals surface area contributed by atoms with Gasteiger partial charge in [-0.3, -0.25) is 0 Å². The molecule has 0 aliphatic heterocycles. The van der Waals surface area contributed by atoms with Crippen molar-refractivity contribution in [3.63, 3.8) is 0 Å². The van der Waals surface area contributed by atoms with Gasteiger partial charge in [-0.15, -0.1) is 0 Å². The van der Waals surface area contributed by atoms with Crippen LogP contribution in [0.15, 0.2) is 22.7 Å². The molecule has 78 valence electrons. The van der Waals surface area contributed by atoms with Crippen molar-refractivity contribution in [2.45, 2.75) is 6.42 Å². The maximum absolute atomic E-state index is 13.2. The van der Waals surface area contributed by atoms with Crippen LogP contribution in [0.4, 0.5) is 4.39 Å². The summed E-state index contributed by atoms with van der Waals surface area (Å²) in [6.45, 7) is 1.40. The van der Waals surface area contributed by atoms with Crippen molar-refractivity contribution in [1.82, 2.24) is 5.32 Å². The minimum absolute atomic E-state index is 0.310. The van der Waals surface area contributed by atoms with Crippen molar-refractivity contribution in [2.75, 3.05) is 20.2 Å². The van der Waals surface area contributed by atoms with Gasteiger partial charge >= 0.3 is 0 Å². The zero-order chi connectivity index (χ0) is 10.4. The molecule has 0 bridgehead atoms. The van der Waals surface area contributed by atoms with Gasteiger partial charge in [0.1, 0.15) is 0 Å². The molecular weight excluding hydrogens is 249 g/mol. The van der Waals surface area contributed by atoms with Crippen molar-refractivity contribution >= 4 is 15.9 Å². The van der Waals surface area contributed by atoms with Crippen LogP contribution in [0, 0.1) is 5.82 Å². The van der Waals surface area contributed by atoms with E-state index in [9.17, 15) is 4.39 Å². The molecule has 0 saturated heterocycles. The van der Waals surface area contributed by atoms with Crippen LogP contribution in [0.25, 0.3) is 0 Å². The molecule has 0 saturated carbocycles. The molecule has 0 aromatic heterocycles. The Kier molecular flexibility index (Phi) is 4.90. The van der Waals surface area contributed by atoms with E-state index in [1.54, 1.807) is 12.1 Å². The Bertz CT molecular complexity index is 293. The maximum atomic E-state index is 13.2. The second-order valence-electron chi connectivity index (χ2n) is 2.88. The highest BCUT2D eigenvalue weighted by Gasteiger charge is 2.02. The zero-order valence-corrected chi connectivity index (χ0v) is 9.60. The molecule has 1 aromatic rings. The first kappa shape index (κ1) is 11.5. The third-order valence-corrected chi connectivity index (χ3v) is 2.22. The molecule has 0 spiro atoms. The Labute approximate surface area is 91.6 Å². The van der Waals surface area contributed by atoms with Crippen LogP contribution in [-0.4, -0.2) is 20.2 Å². The molecule has 1 aromatic carbocycles. The van der Waals surface area contributed by atoms with Crippen molar-refractivity contribution in [3.05, 3.63) is 28.5 Å². The molecule has 0 atom stereocenters. The summed E-state index contributed by atoms with van der Waals surface area (Å²) in [6.07, 6.45) is 0.867. The molecule has 1 N–H and O–H groups in total. The number of hydrogen-bond acceptors (Lipinski definition) is 2. The van der Waals surface area contributed by atoms with Crippen molar-refractivity contribution < 1.29 is 9.13 Å². The van der Waals surface area contributed by atoms with Crippen LogP contribution in [0.1, 0.15) is 6.42 Å². The summed E-state index contributed by atoms with van der Waals surface area (Å²) >= 11 is 3.18. The van der Waals surface area contributed by atoms with E-state index in [2.05, 4.69) is 21.2 Å². The molecule has 0 heterocycles. The van der Waals surface area contributed by atoms with Crippen LogP contribution in [0.3, 0.4) is 0 Å². The minimum atomic E-state index is -0.330. The second kappa shape index (κ2) is 5.98. The lowest BCUT2D eigenvalue weighted by Gasteiger charge is -2.06. The lowest BCUT2D eigenvalue weighted by Crippen LogP contribution is -2.11. The first-order chi connectivity index (χ1) is 6.74. The molecule has 1 rings (SSSR count). The number of halogens is 2. The van der Waals surface area contributed by atoms with Gasteiger partial charge < -0.3 is 10.1 Å². The normalized spacial score (nSPS) is 10.2. The second-order valence-corrected chi connectivity index (χ2v) is 3.80. The van der Waals surface area contributed by atoms with E-state index in [0.717, 1.165) is 17.4 Å². The molecule has 4 heteroatoms. The average molecular weight is 262 g/mol. The third-order valence-electron chi connectivity index (χ3n) is 1.72. The Morgan fingerprint density at radius 2 is 2.29 bits per heavy atom. The standard InChI is InChI=1S/C10H13BrFNO/c1-13-5-2-6-14-10-4-3-8(11)7-9(10)12/h3-4,7,13H,2,5-6H2,1H3. The first-order valence-electron chi connectivity index (χ1n) is 4.46. The topological polar surface area (TPSA) is 21.3 Å². The van der Waals surface area contributed by atoms with Gasteiger partial charge in [-0.2, -0.15) is 0 Å². The fraction of sp³-hybridized carbons (Fsp3) is 0.400. The third kappa shape index (κ3) is 3.64. The highest BCUT2D eigenvalue weighted by atomic mass is 79.9. The molecule has 0 amide bonds. The summed E-state index contributed by atoms with van der Waals surface area (Å²) in [5.74, 6) is -0.0202. The highest BCUT2D eigenvalue weighted by molar-refractivity contribution is 9.10. The summed E-state index contributed by atoms with van der Waals surface area (Å²) in [6, 6.07) is 4.78. The predicted molar refractivity (Wildman–Crippen MR) is 58.1 cm³/mol. The number of rotatable bonds is 5. The SMILES string of the molecule is CNCCCOc1ccc(Br)cc1F. The van der Waals surface area contributed by atoms with Crippen molar-refractivity contribution in [2.24, 2.45) is 0 Å². The molecule has 0 radical (unpaired) electrons. The van der Waals surface area contributed by atoms with E-state index < -0.39 is 0 Å². The monoisotopic (exact) mass is 261 g/mol. The quantitative estimate of drug-likeness (QED) is 0.823. The van der Waals surface area contributed by atoms with E-state index >= 15 is 0 Å². The molecule has 0 unspecified atom stereocenters. The van der Waals surface area contributed by atoms with Crippen LogP contribution in [0.5, 0.6) is 5.75 Å². The van der Waals surface area contributed by atoms with E-state index in [-0.39, 0.29) is 5.82 Å². The van der Waals surface area contributed by atoms with Gasteiger partial charge in [-0.1, -0.05) is 15.9 Å². The summed E-state index contributed by atoms with van der Waals surface area (Å²) in [5, 5.41) is 3.00. The van der Waals surface area contributed by atoms with Crippen LogP contribution in [0.2, 0.25) is 0 Å². The predicted octanol–water partition coefficient (Wildman–Crippen LogP) is 2.58. The molecule has 0 aliphatic rings. The number of hydrogen-bond donors (Lipinski definition) is 1. The van der Waals surface area contributed by atoms with E-state index in [0.29, 0.717) is 12.4 Å². The fourth-order valence-corrected chi connectivity index (χ4v) is 1.36. The van der Waals surface area contributed by atoms with E-state index in [1.807, 2.05) is 7.05 Å². The number of ether oxygens (including phenoxy) is 1. The van der Waals surface area contributed by atoms with Crippen LogP contribution in [-0.2, 0) is 0 Å². The van der Waals surface area contributed by atoms with Crippen molar-refractivity contribution in [3.8, 4) is 5.75 Å². The zero-order valence-electron chi connectivity index (χ0n) is 8.02. The summed E-state index contributed by atoms with van der Waals surface area (Å²) in [7, 11) is 1.88. The summed E-state index contributed by atoms with van der Waals surface area (Å²) in [5.41, 5.74) is 0. The highest BCUT2D eigenvalue weighted by Crippen LogP contribution is 2.21. The minimum Gasteiger partial charge on any atom is -0.490 e. The van der Waals surface area contributed by atoms with Crippen molar-refractivity contribution in [1.29, 1.82) is 0 Å². The largest absolute Gasteiger partial charge is 0.490 e. The summed E-state index contributed by atoms with van der Waals surface area (Å²) in [4.78, 5) is 0. The number of nitrogens with one attached hydrogen (secondary N) is 1. The Hall–Kier alpha value is -0.610. The molecule has 0 fully saturated rings. The van der Waals surface area contributed by atoms with Gasteiger partial charge in [0.15, 0.2) is 11.6 Å². The molecule has 0 aliphatic carbocycles. The Morgan fingerprint density at radius 3 is 2.93 bits per heavy atom. The summed E-state index contributed by atoms with van der Waals surface area (Å²) < 4.78 is 19.2. The lowest BCUT2D eigenvalue weighted by molar-refractivity contribution is 0.294. The molecular formula is C10H13BrFNO. The van der Waals surface area contributed by atoms with E-state index in [1.165, 1.54) is 6.07 Å². The van der Waals surface area contributed by atoms with Gasteiger partial charge in [0, 0.05) is 4.47 Å². The molecule has 14 heavy (non-hydrogen) atoms. The Balaban J connectivity index is 2.42. The van der Waals surface area contributed by atoms with Gasteiger partial charge in [-0.25, -0.2) is 4.39 Å². The maximum Gasteiger partial charge on any atom is 0.166 e. The van der Waals surface area contributed by atoms with Crippen LogP contribution >= 0.6 is 15.9 Å². The Morgan fingerprint density at radius 1 is 1.50 bits per heavy atom. The van der Waals surface area contributed by atoms with E-state index in [4.69, 9.17) is 4.74 Å². The van der Waals surface area contributed by atoms with Gasteiger partial charge in [0.05, 0.1) is 6.61 Å². The van der Waals surface area contributed by atoms with Gasteiger partial charge in [-0.05, 0) is 38.2 Å².